The van der Waals surface area contributed by atoms with Crippen LogP contribution >= 0.6 is 0 Å². The van der Waals surface area contributed by atoms with Crippen molar-refractivity contribution >= 4 is 12.1 Å². The molecule has 1 rings (SSSR count). The van der Waals surface area contributed by atoms with Gasteiger partial charge >= 0.3 is 12.1 Å². The van der Waals surface area contributed by atoms with E-state index >= 15 is 0 Å². The summed E-state index contributed by atoms with van der Waals surface area (Å²) < 4.78 is 10.6. The highest BCUT2D eigenvalue weighted by Gasteiger charge is 2.24. The summed E-state index contributed by atoms with van der Waals surface area (Å²) in [6.45, 7) is 7.82. The summed E-state index contributed by atoms with van der Waals surface area (Å²) in [5, 5.41) is 11.6. The van der Waals surface area contributed by atoms with Crippen LogP contribution in [0.15, 0.2) is 24.3 Å². The quantitative estimate of drug-likeness (QED) is 0.806. The largest absolute Gasteiger partial charge is 0.494 e. The number of hydrogen-bond acceptors (Lipinski definition) is 4. The molecule has 1 amide bonds. The van der Waals surface area contributed by atoms with E-state index in [1.165, 1.54) is 0 Å². The maximum absolute atomic E-state index is 11.7. The molecule has 1 atom stereocenters. The Morgan fingerprint density at radius 2 is 1.83 bits per heavy atom. The van der Waals surface area contributed by atoms with Crippen molar-refractivity contribution in [1.82, 2.24) is 5.32 Å². The average Bonchev–Trinajstić information content (AvgIpc) is 2.43. The topological polar surface area (TPSA) is 84.9 Å². The molecule has 0 aliphatic rings. The molecule has 23 heavy (non-hydrogen) atoms. The molecular formula is C17H25NO5. The minimum absolute atomic E-state index is 0.169. The highest BCUT2D eigenvalue weighted by Crippen LogP contribution is 2.14. The fraction of sp³-hybridized carbons (Fsp3) is 0.529. The van der Waals surface area contributed by atoms with Crippen molar-refractivity contribution in [2.24, 2.45) is 0 Å². The van der Waals surface area contributed by atoms with Gasteiger partial charge in [0.15, 0.2) is 0 Å². The average molecular weight is 323 g/mol. The molecule has 0 heterocycles. The third-order valence-corrected chi connectivity index (χ3v) is 2.83. The Morgan fingerprint density at radius 3 is 2.30 bits per heavy atom. The van der Waals surface area contributed by atoms with Crippen molar-refractivity contribution in [3.05, 3.63) is 29.8 Å². The SMILES string of the molecule is CCCOc1ccc(CC(NC(=O)OC(C)(C)C)C(=O)O)cc1. The van der Waals surface area contributed by atoms with E-state index in [-0.39, 0.29) is 6.42 Å². The molecule has 1 aromatic carbocycles. The number of benzene rings is 1. The Kier molecular flexibility index (Phi) is 6.88. The number of hydrogen-bond donors (Lipinski definition) is 2. The fourth-order valence-corrected chi connectivity index (χ4v) is 1.83. The molecular weight excluding hydrogens is 298 g/mol. The Hall–Kier alpha value is -2.24. The van der Waals surface area contributed by atoms with Crippen LogP contribution in [0.25, 0.3) is 0 Å². The van der Waals surface area contributed by atoms with E-state index in [1.54, 1.807) is 45.0 Å². The van der Waals surface area contributed by atoms with E-state index in [0.717, 1.165) is 17.7 Å². The number of carboxylic acid groups (broad SMARTS) is 1. The van der Waals surface area contributed by atoms with Crippen LogP contribution < -0.4 is 10.1 Å². The highest BCUT2D eigenvalue weighted by atomic mass is 16.6. The number of amides is 1. The van der Waals surface area contributed by atoms with E-state index < -0.39 is 23.7 Å². The molecule has 0 radical (unpaired) electrons. The second-order valence-corrected chi connectivity index (χ2v) is 6.23. The Bertz CT molecular complexity index is 519. The van der Waals surface area contributed by atoms with E-state index in [0.29, 0.717) is 6.61 Å². The fourth-order valence-electron chi connectivity index (χ4n) is 1.83. The molecule has 128 valence electrons. The third kappa shape index (κ3) is 7.54. The molecule has 6 nitrogen and oxygen atoms in total. The summed E-state index contributed by atoms with van der Waals surface area (Å²) in [4.78, 5) is 23.0. The predicted molar refractivity (Wildman–Crippen MR) is 86.7 cm³/mol. The third-order valence-electron chi connectivity index (χ3n) is 2.83. The summed E-state index contributed by atoms with van der Waals surface area (Å²) in [5.41, 5.74) is 0.114. The first-order valence-corrected chi connectivity index (χ1v) is 7.65. The Balaban J connectivity index is 2.65. The molecule has 2 N–H and O–H groups in total. The van der Waals surface area contributed by atoms with Gasteiger partial charge in [0, 0.05) is 6.42 Å². The molecule has 0 saturated heterocycles. The van der Waals surface area contributed by atoms with Crippen LogP contribution in [-0.2, 0) is 16.0 Å². The molecule has 0 fully saturated rings. The number of rotatable bonds is 7. The van der Waals surface area contributed by atoms with Crippen molar-refractivity contribution in [3.8, 4) is 5.75 Å². The summed E-state index contributed by atoms with van der Waals surface area (Å²) in [6.07, 6.45) is 0.346. The van der Waals surface area contributed by atoms with Crippen LogP contribution in [0.4, 0.5) is 4.79 Å². The number of carbonyl (C=O) groups excluding carboxylic acids is 1. The lowest BCUT2D eigenvalue weighted by molar-refractivity contribution is -0.139. The minimum atomic E-state index is -1.11. The second-order valence-electron chi connectivity index (χ2n) is 6.23. The van der Waals surface area contributed by atoms with Crippen LogP contribution in [0.3, 0.4) is 0 Å². The van der Waals surface area contributed by atoms with Gasteiger partial charge < -0.3 is 19.9 Å². The van der Waals surface area contributed by atoms with Crippen molar-refractivity contribution in [2.75, 3.05) is 6.61 Å². The van der Waals surface area contributed by atoms with Gasteiger partial charge in [-0.1, -0.05) is 19.1 Å². The normalized spacial score (nSPS) is 12.3. The lowest BCUT2D eigenvalue weighted by atomic mass is 10.1. The van der Waals surface area contributed by atoms with Crippen LogP contribution in [0.1, 0.15) is 39.7 Å². The number of nitrogens with one attached hydrogen (secondary N) is 1. The molecule has 0 spiro atoms. The lowest BCUT2D eigenvalue weighted by Crippen LogP contribution is -2.44. The zero-order chi connectivity index (χ0) is 17.5. The minimum Gasteiger partial charge on any atom is -0.494 e. The van der Waals surface area contributed by atoms with Crippen LogP contribution in [0.2, 0.25) is 0 Å². The van der Waals surface area contributed by atoms with E-state index in [9.17, 15) is 14.7 Å². The van der Waals surface area contributed by atoms with Gasteiger partial charge in [-0.2, -0.15) is 0 Å². The first-order chi connectivity index (χ1) is 10.7. The summed E-state index contributed by atoms with van der Waals surface area (Å²) >= 11 is 0. The highest BCUT2D eigenvalue weighted by molar-refractivity contribution is 5.80. The van der Waals surface area contributed by atoms with Gasteiger partial charge in [0.25, 0.3) is 0 Å². The maximum Gasteiger partial charge on any atom is 0.408 e. The second kappa shape index (κ2) is 8.41. The monoisotopic (exact) mass is 323 g/mol. The van der Waals surface area contributed by atoms with Crippen molar-refractivity contribution in [2.45, 2.75) is 52.2 Å². The maximum atomic E-state index is 11.7. The van der Waals surface area contributed by atoms with Crippen molar-refractivity contribution in [1.29, 1.82) is 0 Å². The first kappa shape index (κ1) is 18.8. The molecule has 6 heteroatoms. The van der Waals surface area contributed by atoms with Crippen LogP contribution in [-0.4, -0.2) is 35.4 Å². The molecule has 1 unspecified atom stereocenters. The van der Waals surface area contributed by atoms with Gasteiger partial charge in [-0.3, -0.25) is 0 Å². The summed E-state index contributed by atoms with van der Waals surface area (Å²) in [7, 11) is 0. The van der Waals surface area contributed by atoms with Crippen molar-refractivity contribution < 1.29 is 24.2 Å². The number of carbonyl (C=O) groups is 2. The molecule has 1 aromatic rings. The van der Waals surface area contributed by atoms with E-state index in [1.807, 2.05) is 6.92 Å². The van der Waals surface area contributed by atoms with E-state index in [2.05, 4.69) is 5.32 Å². The standard InChI is InChI=1S/C17H25NO5/c1-5-10-22-13-8-6-12(7-9-13)11-14(15(19)20)18-16(21)23-17(2,3)4/h6-9,14H,5,10-11H2,1-4H3,(H,18,21)(H,19,20). The molecule has 0 aromatic heterocycles. The zero-order valence-corrected chi connectivity index (χ0v) is 14.1. The smallest absolute Gasteiger partial charge is 0.408 e. The molecule has 0 bridgehead atoms. The van der Waals surface area contributed by atoms with Crippen LogP contribution in [0.5, 0.6) is 5.75 Å². The number of alkyl carbamates (subject to hydrolysis) is 1. The molecule has 0 aliphatic heterocycles. The number of ether oxygens (including phenoxy) is 2. The lowest BCUT2D eigenvalue weighted by Gasteiger charge is -2.22. The Labute approximate surface area is 136 Å². The first-order valence-electron chi connectivity index (χ1n) is 7.65. The Morgan fingerprint density at radius 1 is 1.22 bits per heavy atom. The van der Waals surface area contributed by atoms with Crippen molar-refractivity contribution in [3.63, 3.8) is 0 Å². The van der Waals surface area contributed by atoms with Gasteiger partial charge in [-0.15, -0.1) is 0 Å². The zero-order valence-electron chi connectivity index (χ0n) is 14.1. The summed E-state index contributed by atoms with van der Waals surface area (Å²) in [5.74, 6) is -0.371. The van der Waals surface area contributed by atoms with Gasteiger partial charge in [0.05, 0.1) is 6.61 Å². The number of carboxylic acids is 1. The van der Waals surface area contributed by atoms with Crippen LogP contribution in [0, 0.1) is 0 Å². The van der Waals surface area contributed by atoms with Gasteiger partial charge in [0.1, 0.15) is 17.4 Å². The number of aliphatic carboxylic acids is 1. The van der Waals surface area contributed by atoms with Gasteiger partial charge in [0.2, 0.25) is 0 Å². The predicted octanol–water partition coefficient (Wildman–Crippen LogP) is 3.00. The van der Waals surface area contributed by atoms with Gasteiger partial charge in [-0.25, -0.2) is 9.59 Å². The van der Waals surface area contributed by atoms with Gasteiger partial charge in [-0.05, 0) is 44.9 Å². The molecule has 0 aliphatic carbocycles. The van der Waals surface area contributed by atoms with E-state index in [4.69, 9.17) is 9.47 Å². The summed E-state index contributed by atoms with van der Waals surface area (Å²) in [6, 6.07) is 6.11. The molecule has 0 saturated carbocycles.